The number of aromatic nitrogens is 3. The molecule has 0 bridgehead atoms. The fourth-order valence-electron chi connectivity index (χ4n) is 3.34. The van der Waals surface area contributed by atoms with Crippen LogP contribution in [-0.4, -0.2) is 14.8 Å². The fourth-order valence-corrected chi connectivity index (χ4v) is 3.34. The van der Waals surface area contributed by atoms with Crippen molar-refractivity contribution in [1.29, 1.82) is 0 Å². The number of benzene rings is 3. The molecule has 0 spiro atoms. The van der Waals surface area contributed by atoms with Crippen LogP contribution >= 0.6 is 0 Å². The van der Waals surface area contributed by atoms with Crippen molar-refractivity contribution < 1.29 is 0 Å². The minimum Gasteiger partial charge on any atom is -0.276 e. The van der Waals surface area contributed by atoms with Gasteiger partial charge in [-0.3, -0.25) is 9.67 Å². The van der Waals surface area contributed by atoms with Gasteiger partial charge in [0.05, 0.1) is 6.20 Å². The zero-order chi connectivity index (χ0) is 29.2. The van der Waals surface area contributed by atoms with Crippen molar-refractivity contribution in [3.8, 4) is 0 Å². The van der Waals surface area contributed by atoms with Crippen molar-refractivity contribution in [1.82, 2.24) is 14.8 Å². The van der Waals surface area contributed by atoms with E-state index in [-0.39, 0.29) is 0 Å². The molecule has 2 heterocycles. The Kier molecular flexibility index (Phi) is 15.5. The summed E-state index contributed by atoms with van der Waals surface area (Å²) in [6.07, 6.45) is 5.63. The molecule has 206 valence electrons. The van der Waals surface area contributed by atoms with Crippen LogP contribution in [0.3, 0.4) is 0 Å². The average Bonchev–Trinajstić information content (AvgIpc) is 3.26. The van der Waals surface area contributed by atoms with Crippen LogP contribution in [0.15, 0.2) is 104 Å². The zero-order valence-electron chi connectivity index (χ0n) is 25.7. The highest BCUT2D eigenvalue weighted by Crippen LogP contribution is 2.03. The SMILES string of the molecule is Cc1ccc(C)cc1.Cc1cccc(C)c1.Cc1ccccc1C.Cc1ccnc(C)c1.Cc1cnn(C)c1. The van der Waals surface area contributed by atoms with Gasteiger partial charge in [0.2, 0.25) is 0 Å². The highest BCUT2D eigenvalue weighted by Gasteiger charge is 1.85. The van der Waals surface area contributed by atoms with E-state index in [1.165, 1.54) is 44.5 Å². The highest BCUT2D eigenvalue weighted by atomic mass is 15.2. The Labute approximate surface area is 237 Å². The molecule has 0 N–H and O–H groups in total. The van der Waals surface area contributed by atoms with Crippen LogP contribution in [0, 0.1) is 62.3 Å². The maximum Gasteiger partial charge on any atom is 0.0518 e. The van der Waals surface area contributed by atoms with Crippen LogP contribution < -0.4 is 0 Å². The summed E-state index contributed by atoms with van der Waals surface area (Å²) >= 11 is 0. The molecule has 0 saturated carbocycles. The summed E-state index contributed by atoms with van der Waals surface area (Å²) in [6.45, 7) is 18.7. The molecule has 5 aromatic rings. The molecule has 0 aliphatic heterocycles. The van der Waals surface area contributed by atoms with Gasteiger partial charge in [-0.15, -0.1) is 0 Å². The van der Waals surface area contributed by atoms with Crippen molar-refractivity contribution in [2.24, 2.45) is 7.05 Å². The summed E-state index contributed by atoms with van der Waals surface area (Å²) in [5, 5.41) is 3.93. The first-order valence-electron chi connectivity index (χ1n) is 13.4. The lowest BCUT2D eigenvalue weighted by atomic mass is 10.1. The fraction of sp³-hybridized carbons (Fsp3) is 0.278. The van der Waals surface area contributed by atoms with E-state index in [0.717, 1.165) is 5.69 Å². The predicted molar refractivity (Wildman–Crippen MR) is 169 cm³/mol. The summed E-state index contributed by atoms with van der Waals surface area (Å²) < 4.78 is 1.79. The van der Waals surface area contributed by atoms with Gasteiger partial charge in [-0.2, -0.15) is 5.10 Å². The van der Waals surface area contributed by atoms with Gasteiger partial charge in [0.25, 0.3) is 0 Å². The third-order valence-electron chi connectivity index (χ3n) is 5.70. The van der Waals surface area contributed by atoms with Gasteiger partial charge in [-0.25, -0.2) is 0 Å². The number of nitrogens with zero attached hydrogens (tertiary/aromatic N) is 3. The second kappa shape index (κ2) is 18.3. The van der Waals surface area contributed by atoms with Crippen molar-refractivity contribution >= 4 is 0 Å². The highest BCUT2D eigenvalue weighted by molar-refractivity contribution is 5.23. The van der Waals surface area contributed by atoms with Gasteiger partial charge in [0, 0.05) is 25.1 Å². The van der Waals surface area contributed by atoms with E-state index < -0.39 is 0 Å². The topological polar surface area (TPSA) is 30.7 Å². The van der Waals surface area contributed by atoms with Crippen molar-refractivity contribution in [2.75, 3.05) is 0 Å². The van der Waals surface area contributed by atoms with Crippen molar-refractivity contribution in [3.63, 3.8) is 0 Å². The molecule has 2 aromatic heterocycles. The number of hydrogen-bond donors (Lipinski definition) is 0. The number of hydrogen-bond acceptors (Lipinski definition) is 2. The van der Waals surface area contributed by atoms with E-state index in [0.29, 0.717) is 0 Å². The second-order valence-corrected chi connectivity index (χ2v) is 10.1. The van der Waals surface area contributed by atoms with Crippen LogP contribution in [0.5, 0.6) is 0 Å². The molecule has 3 heteroatoms. The largest absolute Gasteiger partial charge is 0.276 e. The first-order valence-corrected chi connectivity index (χ1v) is 13.4. The predicted octanol–water partition coefficient (Wildman–Crippen LogP) is 9.34. The first-order chi connectivity index (χ1) is 18.5. The second-order valence-electron chi connectivity index (χ2n) is 10.1. The zero-order valence-corrected chi connectivity index (χ0v) is 25.7. The van der Waals surface area contributed by atoms with E-state index in [1.807, 2.05) is 45.6 Å². The Morgan fingerprint density at radius 2 is 0.974 bits per heavy atom. The Hall–Kier alpha value is -3.98. The third-order valence-corrected chi connectivity index (χ3v) is 5.70. The molecule has 3 aromatic carbocycles. The first kappa shape index (κ1) is 33.0. The molecule has 0 fully saturated rings. The quantitative estimate of drug-likeness (QED) is 0.203. The molecule has 0 atom stereocenters. The molecule has 0 saturated heterocycles. The molecule has 0 amide bonds. The normalized spacial score (nSPS) is 9.28. The lowest BCUT2D eigenvalue weighted by Crippen LogP contribution is -1.83. The van der Waals surface area contributed by atoms with E-state index in [9.17, 15) is 0 Å². The molecule has 0 radical (unpaired) electrons. The van der Waals surface area contributed by atoms with Crippen LogP contribution in [0.1, 0.15) is 50.2 Å². The molecule has 5 rings (SSSR count). The summed E-state index contributed by atoms with van der Waals surface area (Å²) in [5.41, 5.74) is 11.6. The molecular formula is C36H47N3. The van der Waals surface area contributed by atoms with Crippen molar-refractivity contribution in [2.45, 2.75) is 62.3 Å². The average molecular weight is 522 g/mol. The van der Waals surface area contributed by atoms with E-state index in [4.69, 9.17) is 0 Å². The lowest BCUT2D eigenvalue weighted by Gasteiger charge is -1.93. The summed E-state index contributed by atoms with van der Waals surface area (Å²) in [4.78, 5) is 4.04. The minimum atomic E-state index is 1.09. The third kappa shape index (κ3) is 16.5. The van der Waals surface area contributed by atoms with Gasteiger partial charge >= 0.3 is 0 Å². The molecule has 39 heavy (non-hydrogen) atoms. The Balaban J connectivity index is 0.000000244. The number of aryl methyl sites for hydroxylation is 10. The summed E-state index contributed by atoms with van der Waals surface area (Å²) in [5.74, 6) is 0. The molecule has 0 unspecified atom stereocenters. The van der Waals surface area contributed by atoms with E-state index in [2.05, 4.69) is 137 Å². The monoisotopic (exact) mass is 521 g/mol. The molecule has 0 aliphatic rings. The van der Waals surface area contributed by atoms with E-state index in [1.54, 1.807) is 4.68 Å². The minimum absolute atomic E-state index is 1.09. The van der Waals surface area contributed by atoms with Gasteiger partial charge < -0.3 is 0 Å². The Morgan fingerprint density at radius 3 is 1.23 bits per heavy atom. The Bertz CT molecular complexity index is 1210. The van der Waals surface area contributed by atoms with Gasteiger partial charge in [0.1, 0.15) is 0 Å². The number of rotatable bonds is 0. The van der Waals surface area contributed by atoms with Gasteiger partial charge in [-0.1, -0.05) is 95.1 Å². The van der Waals surface area contributed by atoms with Crippen LogP contribution in [-0.2, 0) is 7.05 Å². The molecule has 0 aliphatic carbocycles. The van der Waals surface area contributed by atoms with Crippen LogP contribution in [0.25, 0.3) is 0 Å². The van der Waals surface area contributed by atoms with Crippen LogP contribution in [0.4, 0.5) is 0 Å². The Morgan fingerprint density at radius 1 is 0.487 bits per heavy atom. The summed E-state index contributed by atoms with van der Waals surface area (Å²) in [7, 11) is 1.91. The van der Waals surface area contributed by atoms with E-state index >= 15 is 0 Å². The van der Waals surface area contributed by atoms with Crippen LogP contribution in [0.2, 0.25) is 0 Å². The maximum atomic E-state index is 4.04. The van der Waals surface area contributed by atoms with Crippen molar-refractivity contribution in [3.05, 3.63) is 154 Å². The number of pyridine rings is 1. The smallest absolute Gasteiger partial charge is 0.0518 e. The molecule has 3 nitrogen and oxygen atoms in total. The lowest BCUT2D eigenvalue weighted by molar-refractivity contribution is 0.767. The maximum absolute atomic E-state index is 4.04. The standard InChI is InChI=1S/3C8H10.C7H9N.C5H8N2/c1-7-3-5-8(2)6-4-7;1-7-4-3-5-8(2)6-7;1-7-5-3-4-6-8(7)2;1-6-3-4-8-7(2)5-6;1-5-3-6-7(2)4-5/h3*3-6H,1-2H3;3-5H,1-2H3;3-4H,1-2H3. The van der Waals surface area contributed by atoms with Gasteiger partial charge in [-0.05, 0) is 96.7 Å². The van der Waals surface area contributed by atoms with Gasteiger partial charge in [0.15, 0.2) is 0 Å². The summed E-state index contributed by atoms with van der Waals surface area (Å²) in [6, 6.07) is 29.3. The molecular weight excluding hydrogens is 474 g/mol.